The van der Waals surface area contributed by atoms with Crippen LogP contribution in [0.2, 0.25) is 0 Å². The van der Waals surface area contributed by atoms with Crippen LogP contribution in [0.15, 0.2) is 88.0 Å². The number of aliphatic hydroxyl groups is 1. The van der Waals surface area contributed by atoms with Crippen molar-refractivity contribution in [3.63, 3.8) is 0 Å². The molecular weight excluding hydrogens is 470 g/mol. The number of ether oxygens (including phenoxy) is 2. The van der Waals surface area contributed by atoms with E-state index in [4.69, 9.17) is 18.4 Å². The topological polar surface area (TPSA) is 84.3 Å². The third-order valence-electron chi connectivity index (χ3n) is 6.34. The summed E-state index contributed by atoms with van der Waals surface area (Å²) in [5.41, 5.74) is 3.86. The number of morpholine rings is 1. The van der Waals surface area contributed by atoms with Gasteiger partial charge in [-0.15, -0.1) is 0 Å². The van der Waals surface area contributed by atoms with E-state index in [1.165, 1.54) is 0 Å². The number of aromatic nitrogens is 1. The van der Waals surface area contributed by atoms with Crippen molar-refractivity contribution in [1.82, 2.24) is 10.1 Å². The molecule has 194 valence electrons. The van der Waals surface area contributed by atoms with E-state index in [0.29, 0.717) is 39.5 Å². The van der Waals surface area contributed by atoms with Crippen molar-refractivity contribution in [2.45, 2.75) is 25.8 Å². The number of anilines is 1. The van der Waals surface area contributed by atoms with Crippen molar-refractivity contribution in [2.24, 2.45) is 0 Å². The summed E-state index contributed by atoms with van der Waals surface area (Å²) in [6.07, 6.45) is 0.992. The van der Waals surface area contributed by atoms with Gasteiger partial charge in [0.2, 0.25) is 5.88 Å². The number of rotatable bonds is 12. The maximum Gasteiger partial charge on any atom is 0.232 e. The molecule has 0 saturated carbocycles. The van der Waals surface area contributed by atoms with E-state index in [1.807, 2.05) is 72.8 Å². The second-order valence-corrected chi connectivity index (χ2v) is 9.18. The molecule has 1 fully saturated rings. The standard InChI is InChI=1S/C29H33N3O5/c33-25(22-35-21-23-8-3-1-4-9-23)18-31(19-26-12-7-15-36-26)20-27-28(24-10-5-2-6-11-24)30-37-29(27)32-13-16-34-17-14-32/h1-12,15,25,33H,13-14,16-22H2/t25-/m0/s1. The summed E-state index contributed by atoms with van der Waals surface area (Å²) >= 11 is 0. The summed E-state index contributed by atoms with van der Waals surface area (Å²) in [4.78, 5) is 4.33. The molecular formula is C29H33N3O5. The van der Waals surface area contributed by atoms with E-state index in [-0.39, 0.29) is 6.61 Å². The molecule has 5 rings (SSSR count). The van der Waals surface area contributed by atoms with Crippen LogP contribution < -0.4 is 4.90 Å². The molecule has 0 spiro atoms. The molecule has 37 heavy (non-hydrogen) atoms. The van der Waals surface area contributed by atoms with Crippen LogP contribution in [-0.4, -0.2) is 60.7 Å². The van der Waals surface area contributed by atoms with Crippen LogP contribution in [0.4, 0.5) is 5.88 Å². The highest BCUT2D eigenvalue weighted by Crippen LogP contribution is 2.33. The highest BCUT2D eigenvalue weighted by molar-refractivity contribution is 5.68. The Morgan fingerprint density at radius 3 is 2.43 bits per heavy atom. The van der Waals surface area contributed by atoms with Crippen molar-refractivity contribution in [2.75, 3.05) is 44.4 Å². The number of benzene rings is 2. The summed E-state index contributed by atoms with van der Waals surface area (Å²) in [5.74, 6) is 1.57. The Morgan fingerprint density at radius 1 is 0.946 bits per heavy atom. The molecule has 0 bridgehead atoms. The van der Waals surface area contributed by atoms with Gasteiger partial charge in [0.25, 0.3) is 0 Å². The Balaban J connectivity index is 1.34. The highest BCUT2D eigenvalue weighted by atomic mass is 16.5. The zero-order chi connectivity index (χ0) is 25.3. The van der Waals surface area contributed by atoms with Gasteiger partial charge in [-0.2, -0.15) is 0 Å². The van der Waals surface area contributed by atoms with Crippen LogP contribution >= 0.6 is 0 Å². The molecule has 1 aliphatic heterocycles. The molecule has 0 unspecified atom stereocenters. The van der Waals surface area contributed by atoms with Gasteiger partial charge in [0.15, 0.2) is 0 Å². The lowest BCUT2D eigenvalue weighted by Crippen LogP contribution is -2.38. The normalized spacial score (nSPS) is 14.8. The first kappa shape index (κ1) is 25.2. The molecule has 3 heterocycles. The number of nitrogens with zero attached hydrogens (tertiary/aromatic N) is 3. The van der Waals surface area contributed by atoms with Crippen LogP contribution in [0, 0.1) is 0 Å². The van der Waals surface area contributed by atoms with Gasteiger partial charge in [0.1, 0.15) is 11.5 Å². The van der Waals surface area contributed by atoms with E-state index >= 15 is 0 Å². The largest absolute Gasteiger partial charge is 0.468 e. The van der Waals surface area contributed by atoms with Crippen LogP contribution in [0.3, 0.4) is 0 Å². The summed E-state index contributed by atoms with van der Waals surface area (Å²) < 4.78 is 22.9. The molecule has 8 heteroatoms. The van der Waals surface area contributed by atoms with E-state index in [1.54, 1.807) is 6.26 Å². The van der Waals surface area contributed by atoms with Crippen molar-refractivity contribution in [3.05, 3.63) is 95.9 Å². The molecule has 0 aliphatic carbocycles. The molecule has 4 aromatic rings. The van der Waals surface area contributed by atoms with Crippen molar-refractivity contribution < 1.29 is 23.5 Å². The van der Waals surface area contributed by atoms with Gasteiger partial charge in [-0.25, -0.2) is 0 Å². The van der Waals surface area contributed by atoms with Crippen LogP contribution in [0.1, 0.15) is 16.9 Å². The predicted molar refractivity (Wildman–Crippen MR) is 140 cm³/mol. The van der Waals surface area contributed by atoms with E-state index in [2.05, 4.69) is 15.0 Å². The highest BCUT2D eigenvalue weighted by Gasteiger charge is 2.26. The maximum atomic E-state index is 10.9. The average Bonchev–Trinajstić information content (AvgIpc) is 3.60. The van der Waals surface area contributed by atoms with Gasteiger partial charge < -0.3 is 28.4 Å². The summed E-state index contributed by atoms with van der Waals surface area (Å²) in [6.45, 7) is 4.92. The third kappa shape index (κ3) is 6.87. The molecule has 1 atom stereocenters. The molecule has 1 N–H and O–H groups in total. The van der Waals surface area contributed by atoms with Crippen molar-refractivity contribution in [3.8, 4) is 11.3 Å². The quantitative estimate of drug-likeness (QED) is 0.306. The number of hydrogen-bond donors (Lipinski definition) is 1. The number of hydrogen-bond acceptors (Lipinski definition) is 8. The van der Waals surface area contributed by atoms with Gasteiger partial charge in [-0.05, 0) is 17.7 Å². The molecule has 0 amide bonds. The summed E-state index contributed by atoms with van der Waals surface area (Å²) in [6, 6.07) is 23.8. The van der Waals surface area contributed by atoms with Gasteiger partial charge >= 0.3 is 0 Å². The third-order valence-corrected chi connectivity index (χ3v) is 6.34. The second kappa shape index (κ2) is 12.7. The Hall–Kier alpha value is -3.43. The first-order chi connectivity index (χ1) is 18.3. The zero-order valence-electron chi connectivity index (χ0n) is 20.9. The van der Waals surface area contributed by atoms with Gasteiger partial charge in [-0.1, -0.05) is 65.8 Å². The van der Waals surface area contributed by atoms with E-state index in [0.717, 1.165) is 47.1 Å². The van der Waals surface area contributed by atoms with Gasteiger partial charge in [0, 0.05) is 31.7 Å². The fraction of sp³-hybridized carbons (Fsp3) is 0.345. The summed E-state index contributed by atoms with van der Waals surface area (Å²) in [5, 5.41) is 15.4. The molecule has 2 aromatic carbocycles. The SMILES string of the molecule is O[C@H](COCc1ccccc1)CN(Cc1ccco1)Cc1c(-c2ccccc2)noc1N1CCOCC1. The number of aliphatic hydroxyl groups excluding tert-OH is 1. The Labute approximate surface area is 217 Å². The minimum atomic E-state index is -0.675. The Kier molecular flexibility index (Phi) is 8.66. The first-order valence-electron chi connectivity index (χ1n) is 12.7. The maximum absolute atomic E-state index is 10.9. The molecule has 8 nitrogen and oxygen atoms in total. The average molecular weight is 504 g/mol. The monoisotopic (exact) mass is 503 g/mol. The molecule has 0 radical (unpaired) electrons. The zero-order valence-corrected chi connectivity index (χ0v) is 20.9. The Morgan fingerprint density at radius 2 is 1.70 bits per heavy atom. The fourth-order valence-electron chi connectivity index (χ4n) is 4.55. The molecule has 2 aromatic heterocycles. The van der Waals surface area contributed by atoms with E-state index in [9.17, 15) is 5.11 Å². The Bertz CT molecular complexity index is 1190. The van der Waals surface area contributed by atoms with Gasteiger partial charge in [0.05, 0.1) is 50.9 Å². The van der Waals surface area contributed by atoms with Gasteiger partial charge in [-0.3, -0.25) is 4.90 Å². The second-order valence-electron chi connectivity index (χ2n) is 9.18. The van der Waals surface area contributed by atoms with Crippen molar-refractivity contribution in [1.29, 1.82) is 0 Å². The van der Waals surface area contributed by atoms with Crippen LogP contribution in [-0.2, 0) is 29.2 Å². The van der Waals surface area contributed by atoms with E-state index < -0.39 is 6.10 Å². The van der Waals surface area contributed by atoms with Crippen LogP contribution in [0.5, 0.6) is 0 Å². The molecule has 1 saturated heterocycles. The lowest BCUT2D eigenvalue weighted by atomic mass is 10.1. The summed E-state index contributed by atoms with van der Waals surface area (Å²) in [7, 11) is 0. The lowest BCUT2D eigenvalue weighted by Gasteiger charge is -2.29. The predicted octanol–water partition coefficient (Wildman–Crippen LogP) is 4.35. The first-order valence-corrected chi connectivity index (χ1v) is 12.7. The lowest BCUT2D eigenvalue weighted by molar-refractivity contribution is 0.00614. The van der Waals surface area contributed by atoms with Crippen LogP contribution in [0.25, 0.3) is 11.3 Å². The smallest absolute Gasteiger partial charge is 0.232 e. The minimum absolute atomic E-state index is 0.231. The fourth-order valence-corrected chi connectivity index (χ4v) is 4.55. The minimum Gasteiger partial charge on any atom is -0.468 e. The van der Waals surface area contributed by atoms with Crippen molar-refractivity contribution >= 4 is 5.88 Å². The number of furan rings is 1. The molecule has 1 aliphatic rings.